The quantitative estimate of drug-likeness (QED) is 0.268. The zero-order valence-corrected chi connectivity index (χ0v) is 16.8. The predicted octanol–water partition coefficient (Wildman–Crippen LogP) is 1.27. The van der Waals surface area contributed by atoms with Crippen molar-refractivity contribution < 1.29 is 28.8 Å². The standard InChI is InChI=1S/C19H21IO6/c1-7(20)17-12(25-17)13-19(26-13)16(2)4-3-8-9(6-23-14(8)21)10(16)5-11-18(19,24-11)15(17)22/h7,10-13,15,22H,3-6H2,1-2H3/t7?,10-,11-,12-,13?,15+,16-,17-,18+,19+/m0/s1. The summed E-state index contributed by atoms with van der Waals surface area (Å²) in [4.78, 5) is 12.1. The molecule has 26 heavy (non-hydrogen) atoms. The monoisotopic (exact) mass is 472 g/mol. The minimum Gasteiger partial charge on any atom is -0.458 e. The van der Waals surface area contributed by atoms with Gasteiger partial charge in [-0.25, -0.2) is 4.79 Å². The van der Waals surface area contributed by atoms with Gasteiger partial charge in [0, 0.05) is 14.9 Å². The first-order valence-electron chi connectivity index (χ1n) is 9.59. The number of hydrogen-bond acceptors (Lipinski definition) is 6. The number of aliphatic hydroxyl groups is 1. The molecule has 3 saturated heterocycles. The summed E-state index contributed by atoms with van der Waals surface area (Å²) in [6, 6.07) is 0. The van der Waals surface area contributed by atoms with Gasteiger partial charge in [0.05, 0.1) is 6.10 Å². The molecule has 7 aliphatic rings. The Morgan fingerprint density at radius 3 is 2.85 bits per heavy atom. The average molecular weight is 472 g/mol. The van der Waals surface area contributed by atoms with E-state index in [1.54, 1.807) is 0 Å². The first-order chi connectivity index (χ1) is 12.3. The Morgan fingerprint density at radius 1 is 1.27 bits per heavy atom. The Hall–Kier alpha value is -0.220. The molecule has 0 amide bonds. The molecule has 10 atom stereocenters. The molecule has 6 nitrogen and oxygen atoms in total. The minimum absolute atomic E-state index is 0.0129. The van der Waals surface area contributed by atoms with Gasteiger partial charge in [0.25, 0.3) is 0 Å². The van der Waals surface area contributed by atoms with E-state index in [1.165, 1.54) is 0 Å². The van der Waals surface area contributed by atoms with Crippen LogP contribution in [0, 0.1) is 11.3 Å². The topological polar surface area (TPSA) is 84.1 Å². The highest BCUT2D eigenvalue weighted by Gasteiger charge is 3.00. The van der Waals surface area contributed by atoms with Crippen molar-refractivity contribution in [3.63, 3.8) is 0 Å². The van der Waals surface area contributed by atoms with Crippen molar-refractivity contribution in [1.82, 2.24) is 0 Å². The van der Waals surface area contributed by atoms with Crippen molar-refractivity contribution in [2.24, 2.45) is 11.3 Å². The predicted molar refractivity (Wildman–Crippen MR) is 95.7 cm³/mol. The van der Waals surface area contributed by atoms with Crippen LogP contribution in [0.2, 0.25) is 0 Å². The maximum atomic E-state index is 12.1. The number of hydrogen-bond donors (Lipinski definition) is 1. The van der Waals surface area contributed by atoms with E-state index in [2.05, 4.69) is 36.4 Å². The summed E-state index contributed by atoms with van der Waals surface area (Å²) in [5.74, 6) is 0.0760. The summed E-state index contributed by atoms with van der Waals surface area (Å²) in [7, 11) is 0. The summed E-state index contributed by atoms with van der Waals surface area (Å²) >= 11 is 2.36. The van der Waals surface area contributed by atoms with Crippen LogP contribution in [-0.2, 0) is 23.7 Å². The van der Waals surface area contributed by atoms with E-state index < -0.39 is 22.9 Å². The van der Waals surface area contributed by atoms with Gasteiger partial charge >= 0.3 is 5.97 Å². The first kappa shape index (κ1) is 15.7. The highest BCUT2D eigenvalue weighted by molar-refractivity contribution is 14.1. The first-order valence-corrected chi connectivity index (χ1v) is 10.8. The van der Waals surface area contributed by atoms with Crippen LogP contribution in [-0.4, -0.2) is 62.8 Å². The molecule has 2 saturated carbocycles. The van der Waals surface area contributed by atoms with Crippen LogP contribution in [0.15, 0.2) is 11.1 Å². The molecule has 0 aromatic carbocycles. The summed E-state index contributed by atoms with van der Waals surface area (Å²) in [6.45, 7) is 4.78. The number of halogens is 1. The summed E-state index contributed by atoms with van der Waals surface area (Å²) in [5.41, 5.74) is 0.203. The van der Waals surface area contributed by atoms with Crippen LogP contribution in [0.25, 0.3) is 0 Å². The fourth-order valence-electron chi connectivity index (χ4n) is 7.46. The molecule has 0 aromatic rings. The maximum absolute atomic E-state index is 12.1. The van der Waals surface area contributed by atoms with Gasteiger partial charge in [-0.15, -0.1) is 0 Å². The summed E-state index contributed by atoms with van der Waals surface area (Å²) < 4.78 is 24.5. The molecule has 5 fully saturated rings. The third-order valence-corrected chi connectivity index (χ3v) is 9.79. The second-order valence-corrected chi connectivity index (χ2v) is 11.2. The molecule has 7 rings (SSSR count). The lowest BCUT2D eigenvalue weighted by Gasteiger charge is -2.53. The van der Waals surface area contributed by atoms with Gasteiger partial charge in [0.1, 0.15) is 36.1 Å². The highest BCUT2D eigenvalue weighted by atomic mass is 127. The molecular weight excluding hydrogens is 451 g/mol. The number of cyclic esters (lactones) is 1. The van der Waals surface area contributed by atoms with E-state index in [4.69, 9.17) is 18.9 Å². The lowest BCUT2D eigenvalue weighted by atomic mass is 9.47. The van der Waals surface area contributed by atoms with E-state index in [9.17, 15) is 9.90 Å². The number of carbonyl (C=O) groups excluding carboxylic acids is 1. The van der Waals surface area contributed by atoms with Crippen molar-refractivity contribution in [3.8, 4) is 0 Å². The van der Waals surface area contributed by atoms with Gasteiger partial charge in [-0.3, -0.25) is 0 Å². The van der Waals surface area contributed by atoms with Crippen molar-refractivity contribution in [1.29, 1.82) is 0 Å². The number of aliphatic hydroxyl groups excluding tert-OH is 1. The Morgan fingerprint density at radius 2 is 2.08 bits per heavy atom. The fourth-order valence-corrected chi connectivity index (χ4v) is 8.30. The molecule has 140 valence electrons. The van der Waals surface area contributed by atoms with Crippen molar-refractivity contribution >= 4 is 28.6 Å². The van der Waals surface area contributed by atoms with Gasteiger partial charge in [0.2, 0.25) is 0 Å². The smallest absolute Gasteiger partial charge is 0.334 e. The number of epoxide rings is 3. The molecule has 2 unspecified atom stereocenters. The Labute approximate surface area is 164 Å². The van der Waals surface area contributed by atoms with Crippen molar-refractivity contribution in [2.45, 2.75) is 78.3 Å². The maximum Gasteiger partial charge on any atom is 0.334 e. The van der Waals surface area contributed by atoms with Crippen molar-refractivity contribution in [3.05, 3.63) is 11.1 Å². The molecule has 1 N–H and O–H groups in total. The van der Waals surface area contributed by atoms with E-state index >= 15 is 0 Å². The molecule has 4 aliphatic heterocycles. The molecule has 2 spiro atoms. The van der Waals surface area contributed by atoms with Crippen molar-refractivity contribution in [2.75, 3.05) is 6.61 Å². The van der Waals surface area contributed by atoms with Crippen LogP contribution < -0.4 is 0 Å². The lowest BCUT2D eigenvalue weighted by Crippen LogP contribution is -2.69. The van der Waals surface area contributed by atoms with Crippen LogP contribution in [0.4, 0.5) is 0 Å². The number of esters is 1. The largest absolute Gasteiger partial charge is 0.458 e. The number of fused-ring (bicyclic) bond motifs is 4. The molecule has 7 heteroatoms. The molecule has 3 aliphatic carbocycles. The number of rotatable bonds is 1. The van der Waals surface area contributed by atoms with E-state index in [-0.39, 0.29) is 39.5 Å². The molecule has 0 aromatic heterocycles. The van der Waals surface area contributed by atoms with Crippen LogP contribution in [0.3, 0.4) is 0 Å². The Balaban J connectivity index is 1.39. The Kier molecular flexibility index (Phi) is 2.44. The normalized spacial score (nSPS) is 64.2. The number of alkyl halides is 1. The summed E-state index contributed by atoms with van der Waals surface area (Å²) in [5, 5.41) is 11.4. The number of carbonyl (C=O) groups is 1. The minimum atomic E-state index is -0.662. The molecular formula is C19H21IO6. The third kappa shape index (κ3) is 1.24. The average Bonchev–Trinajstić information content (AvgIpc) is 3.47. The van der Waals surface area contributed by atoms with Crippen LogP contribution in [0.1, 0.15) is 33.1 Å². The lowest BCUT2D eigenvalue weighted by molar-refractivity contribution is -0.136. The van der Waals surface area contributed by atoms with Gasteiger partial charge in [0.15, 0.2) is 5.60 Å². The summed E-state index contributed by atoms with van der Waals surface area (Å²) in [6.07, 6.45) is 1.68. The highest BCUT2D eigenvalue weighted by Crippen LogP contribution is 2.82. The van der Waals surface area contributed by atoms with E-state index in [1.807, 2.05) is 0 Å². The molecule has 4 heterocycles. The van der Waals surface area contributed by atoms with Crippen LogP contribution in [0.5, 0.6) is 0 Å². The van der Waals surface area contributed by atoms with Gasteiger partial charge < -0.3 is 24.1 Å². The Bertz CT molecular complexity index is 825. The molecule has 0 radical (unpaired) electrons. The van der Waals surface area contributed by atoms with Gasteiger partial charge in [-0.2, -0.15) is 0 Å². The second kappa shape index (κ2) is 4.06. The van der Waals surface area contributed by atoms with Crippen LogP contribution >= 0.6 is 22.6 Å². The van der Waals surface area contributed by atoms with E-state index in [0.29, 0.717) is 6.61 Å². The fraction of sp³-hybridized carbons (Fsp3) is 0.842. The SMILES string of the molecule is CC(I)[C@]12O[C@H]1C1O[C@]13[C@]1(O[C@H]1C[C@H]1C4=C(CC[C@@]13C)C(=O)OC4)[C@@H]2O. The third-order valence-electron chi connectivity index (χ3n) is 8.82. The zero-order valence-electron chi connectivity index (χ0n) is 14.7. The van der Waals surface area contributed by atoms with Gasteiger partial charge in [-0.05, 0) is 30.8 Å². The van der Waals surface area contributed by atoms with E-state index in [0.717, 1.165) is 30.4 Å². The number of ether oxygens (including phenoxy) is 4. The molecule has 0 bridgehead atoms. The van der Waals surface area contributed by atoms with Gasteiger partial charge in [-0.1, -0.05) is 36.4 Å². The second-order valence-electron chi connectivity index (χ2n) is 9.37. The zero-order chi connectivity index (χ0) is 17.9.